The Morgan fingerprint density at radius 2 is 1.97 bits per heavy atom. The molecule has 1 aliphatic carbocycles. The number of amides is 1. The van der Waals surface area contributed by atoms with Crippen LogP contribution in [0.15, 0.2) is 95.7 Å². The van der Waals surface area contributed by atoms with Gasteiger partial charge in [-0.15, -0.1) is 0 Å². The maximum absolute atomic E-state index is 15.2. The molecule has 2 N–H and O–H groups in total. The summed E-state index contributed by atoms with van der Waals surface area (Å²) in [4.78, 5) is 36.2. The van der Waals surface area contributed by atoms with E-state index in [1.165, 1.54) is 40.9 Å². The van der Waals surface area contributed by atoms with Crippen molar-refractivity contribution in [3.63, 3.8) is 0 Å². The second kappa shape index (κ2) is 17.6. The van der Waals surface area contributed by atoms with Crippen LogP contribution in [0, 0.1) is 21.3 Å². The van der Waals surface area contributed by atoms with E-state index in [0.29, 0.717) is 54.7 Å². The average Bonchev–Trinajstić information content (AvgIpc) is 3.72. The number of nitro benzene ring substituents is 1. The molecule has 62 heavy (non-hydrogen) atoms. The smallest absolute Gasteiger partial charge is 0.293 e. The summed E-state index contributed by atoms with van der Waals surface area (Å²) < 4.78 is 62.1. The standard InChI is InChI=1S/C45H46ClFN6O8S/c1-45(2)14-10-31(37(24-45)35-8-5-32(46)22-38(35)47)26-52-16-12-28(13-17-52)29-4-7-36(41(21-29)61-33-20-30-11-15-48-43(30)49-25-33)44(54)50-62(57,58)34-6-9-39(40(23-34)53(55)56)51(3)42-27-59-18-19-60-42/h4-9,11-12,15,20-23,25,42H,10,13-14,16-19,24,26-27H2,1-3H3,(H,48,49)(H,50,54)/t42-/m1/s1. The lowest BCUT2D eigenvalue weighted by atomic mass is 9.72. The molecular weight excluding hydrogens is 839 g/mol. The summed E-state index contributed by atoms with van der Waals surface area (Å²) in [5.41, 5.74) is 4.86. The van der Waals surface area contributed by atoms with E-state index < -0.39 is 37.7 Å². The fourth-order valence-corrected chi connectivity index (χ4v) is 9.36. The van der Waals surface area contributed by atoms with Crippen molar-refractivity contribution in [1.82, 2.24) is 19.6 Å². The minimum absolute atomic E-state index is 0.0422. The molecule has 2 aliphatic heterocycles. The molecule has 324 valence electrons. The van der Waals surface area contributed by atoms with Gasteiger partial charge < -0.3 is 24.1 Å². The lowest BCUT2D eigenvalue weighted by Crippen LogP contribution is -2.42. The predicted molar refractivity (Wildman–Crippen MR) is 234 cm³/mol. The number of carbonyl (C=O) groups is 1. The van der Waals surface area contributed by atoms with Crippen LogP contribution < -0.4 is 14.4 Å². The number of rotatable bonds is 12. The first-order chi connectivity index (χ1) is 29.6. The van der Waals surface area contributed by atoms with E-state index in [1.807, 2.05) is 6.07 Å². The molecule has 0 saturated carbocycles. The molecule has 1 atom stereocenters. The van der Waals surface area contributed by atoms with E-state index in [9.17, 15) is 23.3 Å². The van der Waals surface area contributed by atoms with Crippen molar-refractivity contribution < 1.29 is 36.7 Å². The van der Waals surface area contributed by atoms with E-state index in [-0.39, 0.29) is 34.8 Å². The van der Waals surface area contributed by atoms with Gasteiger partial charge in [-0.2, -0.15) is 0 Å². The van der Waals surface area contributed by atoms with Crippen LogP contribution in [0.3, 0.4) is 0 Å². The molecule has 0 unspecified atom stereocenters. The van der Waals surface area contributed by atoms with E-state index in [0.717, 1.165) is 54.0 Å². The monoisotopic (exact) mass is 884 g/mol. The third-order valence-electron chi connectivity index (χ3n) is 11.6. The van der Waals surface area contributed by atoms with Crippen molar-refractivity contribution in [1.29, 1.82) is 0 Å². The highest BCUT2D eigenvalue weighted by molar-refractivity contribution is 7.90. The fraction of sp³-hybridized carbons (Fsp3) is 0.333. The van der Waals surface area contributed by atoms with Crippen LogP contribution in [0.1, 0.15) is 61.0 Å². The van der Waals surface area contributed by atoms with Crippen molar-refractivity contribution in [3.05, 3.63) is 128 Å². The molecule has 2 aromatic heterocycles. The van der Waals surface area contributed by atoms with Gasteiger partial charge in [-0.05, 0) is 96.3 Å². The van der Waals surface area contributed by atoms with Gasteiger partial charge in [0.1, 0.15) is 28.7 Å². The summed E-state index contributed by atoms with van der Waals surface area (Å²) in [5.74, 6) is -0.922. The first kappa shape index (κ1) is 43.0. The average molecular weight is 885 g/mol. The van der Waals surface area contributed by atoms with Gasteiger partial charge in [0.25, 0.3) is 21.6 Å². The van der Waals surface area contributed by atoms with Crippen molar-refractivity contribution in [3.8, 4) is 11.5 Å². The summed E-state index contributed by atoms with van der Waals surface area (Å²) in [6.07, 6.45) is 8.05. The Bertz CT molecular complexity index is 2730. The number of benzene rings is 3. The largest absolute Gasteiger partial charge is 0.455 e. The number of aromatic amines is 1. The second-order valence-corrected chi connectivity index (χ2v) is 18.6. The molecule has 17 heteroatoms. The van der Waals surface area contributed by atoms with Crippen LogP contribution in [0.4, 0.5) is 15.8 Å². The molecule has 1 amide bonds. The maximum Gasteiger partial charge on any atom is 0.293 e. The van der Waals surface area contributed by atoms with Gasteiger partial charge >= 0.3 is 0 Å². The number of anilines is 1. The van der Waals surface area contributed by atoms with Gasteiger partial charge in [0.2, 0.25) is 0 Å². The van der Waals surface area contributed by atoms with E-state index in [4.69, 9.17) is 25.8 Å². The normalized spacial score (nSPS) is 18.3. The molecular formula is C45H46ClFN6O8S. The fourth-order valence-electron chi connectivity index (χ4n) is 8.21. The molecule has 3 aliphatic rings. The van der Waals surface area contributed by atoms with Gasteiger partial charge in [-0.25, -0.2) is 22.5 Å². The lowest BCUT2D eigenvalue weighted by Gasteiger charge is -2.36. The van der Waals surface area contributed by atoms with Gasteiger partial charge in [-0.3, -0.25) is 19.8 Å². The number of pyridine rings is 1. The van der Waals surface area contributed by atoms with Crippen molar-refractivity contribution in [2.75, 3.05) is 51.4 Å². The Balaban J connectivity index is 1.05. The minimum atomic E-state index is -4.62. The number of H-pyrrole nitrogens is 1. The molecule has 0 bridgehead atoms. The van der Waals surface area contributed by atoms with Crippen molar-refractivity contribution >= 4 is 61.1 Å². The molecule has 0 spiro atoms. The van der Waals surface area contributed by atoms with E-state index in [1.54, 1.807) is 43.6 Å². The summed E-state index contributed by atoms with van der Waals surface area (Å²) in [5, 5.41) is 13.3. The molecule has 5 aromatic rings. The molecule has 3 aromatic carbocycles. The number of allylic oxidation sites excluding steroid dienone is 1. The van der Waals surface area contributed by atoms with Gasteiger partial charge in [0.15, 0.2) is 6.23 Å². The van der Waals surface area contributed by atoms with Crippen LogP contribution in [-0.4, -0.2) is 86.8 Å². The van der Waals surface area contributed by atoms with Gasteiger partial charge in [0, 0.05) is 54.9 Å². The number of sulfonamides is 1. The molecule has 14 nitrogen and oxygen atoms in total. The number of fused-ring (bicyclic) bond motifs is 1. The quantitative estimate of drug-likeness (QED) is 0.0908. The van der Waals surface area contributed by atoms with Crippen LogP contribution in [0.5, 0.6) is 11.5 Å². The number of aromatic nitrogens is 2. The van der Waals surface area contributed by atoms with Crippen LogP contribution >= 0.6 is 11.6 Å². The Morgan fingerprint density at radius 3 is 2.71 bits per heavy atom. The van der Waals surface area contributed by atoms with Crippen LogP contribution in [-0.2, 0) is 19.5 Å². The highest BCUT2D eigenvalue weighted by Gasteiger charge is 2.32. The topological polar surface area (TPSA) is 169 Å². The van der Waals surface area contributed by atoms with Crippen LogP contribution in [0.25, 0.3) is 22.2 Å². The Kier molecular flexibility index (Phi) is 12.2. The molecule has 8 rings (SSSR count). The number of hydrogen-bond donors (Lipinski definition) is 2. The van der Waals surface area contributed by atoms with Gasteiger partial charge in [0.05, 0.1) is 41.4 Å². The maximum atomic E-state index is 15.2. The number of hydrogen-bond acceptors (Lipinski definition) is 11. The third kappa shape index (κ3) is 9.39. The first-order valence-electron chi connectivity index (χ1n) is 20.2. The number of likely N-dealkylation sites (N-methyl/N-ethyl adjacent to an activating group) is 1. The van der Waals surface area contributed by atoms with Crippen molar-refractivity contribution in [2.24, 2.45) is 5.41 Å². The number of nitro groups is 1. The van der Waals surface area contributed by atoms with Crippen LogP contribution in [0.2, 0.25) is 5.02 Å². The Labute approximate surface area is 363 Å². The number of halogens is 2. The summed E-state index contributed by atoms with van der Waals surface area (Å²) in [6, 6.07) is 16.8. The minimum Gasteiger partial charge on any atom is -0.455 e. The SMILES string of the molecule is CN(c1ccc(S(=O)(=O)NC(=O)c2ccc(C3=CCN(CC4=C(c5ccc(Cl)cc5F)CC(C)(C)CC4)CC3)cc2Oc2cnc3[nH]ccc3c2)cc1[N+](=O)[O-])[C@H]1COCCO1. The number of nitrogens with one attached hydrogen (secondary N) is 2. The summed E-state index contributed by atoms with van der Waals surface area (Å²) in [6.45, 7) is 7.34. The second-order valence-electron chi connectivity index (χ2n) is 16.5. The van der Waals surface area contributed by atoms with E-state index in [2.05, 4.69) is 39.5 Å². The molecule has 1 fully saturated rings. The zero-order chi connectivity index (χ0) is 43.8. The van der Waals surface area contributed by atoms with Gasteiger partial charge in [-0.1, -0.05) is 49.2 Å². The Morgan fingerprint density at radius 1 is 1.13 bits per heavy atom. The predicted octanol–water partition coefficient (Wildman–Crippen LogP) is 8.74. The Hall–Kier alpha value is -5.65. The summed E-state index contributed by atoms with van der Waals surface area (Å²) >= 11 is 6.10. The molecule has 0 radical (unpaired) electrons. The summed E-state index contributed by atoms with van der Waals surface area (Å²) in [7, 11) is -3.03. The molecule has 1 saturated heterocycles. The number of carbonyl (C=O) groups excluding carboxylic acids is 1. The van der Waals surface area contributed by atoms with Crippen molar-refractivity contribution in [2.45, 2.75) is 50.7 Å². The first-order valence-corrected chi connectivity index (χ1v) is 22.1. The lowest BCUT2D eigenvalue weighted by molar-refractivity contribution is -0.384. The number of nitrogens with zero attached hydrogens (tertiary/aromatic N) is 4. The highest BCUT2D eigenvalue weighted by atomic mass is 35.5. The van der Waals surface area contributed by atoms with E-state index >= 15 is 4.39 Å². The zero-order valence-corrected chi connectivity index (χ0v) is 36.0. The molecule has 4 heterocycles. The zero-order valence-electron chi connectivity index (χ0n) is 34.5. The third-order valence-corrected chi connectivity index (χ3v) is 13.2. The highest BCUT2D eigenvalue weighted by Crippen LogP contribution is 2.44. The number of ether oxygens (including phenoxy) is 3.